The van der Waals surface area contributed by atoms with E-state index in [1.165, 1.54) is 11.6 Å². The van der Waals surface area contributed by atoms with E-state index < -0.39 is 11.7 Å². The summed E-state index contributed by atoms with van der Waals surface area (Å²) in [4.78, 5) is 20.6. The third-order valence-electron chi connectivity index (χ3n) is 7.06. The zero-order valence-electron chi connectivity index (χ0n) is 19.6. The van der Waals surface area contributed by atoms with Gasteiger partial charge in [0.1, 0.15) is 5.82 Å². The number of aryl methyl sites for hydroxylation is 1. The smallest absolute Gasteiger partial charge is 0.340 e. The van der Waals surface area contributed by atoms with Crippen molar-refractivity contribution in [3.63, 3.8) is 0 Å². The van der Waals surface area contributed by atoms with E-state index in [0.717, 1.165) is 61.3 Å². The highest BCUT2D eigenvalue weighted by atomic mass is 19.4. The first-order valence-corrected chi connectivity index (χ1v) is 12.1. The van der Waals surface area contributed by atoms with Crippen molar-refractivity contribution in [1.82, 2.24) is 9.97 Å². The predicted molar refractivity (Wildman–Crippen MR) is 133 cm³/mol. The Bertz CT molecular complexity index is 1230. The average Bonchev–Trinajstić information content (AvgIpc) is 2.85. The van der Waals surface area contributed by atoms with Crippen molar-refractivity contribution >= 4 is 23.1 Å². The van der Waals surface area contributed by atoms with Crippen molar-refractivity contribution in [2.24, 2.45) is 17.8 Å². The summed E-state index contributed by atoms with van der Waals surface area (Å²) in [5.41, 5.74) is 3.34. The molecule has 2 N–H and O–H groups in total. The molecule has 2 aromatic heterocycles. The molecule has 2 heterocycles. The summed E-state index contributed by atoms with van der Waals surface area (Å²) in [6.07, 6.45) is 6.94. The van der Waals surface area contributed by atoms with Crippen LogP contribution in [-0.4, -0.2) is 15.9 Å². The van der Waals surface area contributed by atoms with Crippen molar-refractivity contribution in [2.45, 2.75) is 38.3 Å². The van der Waals surface area contributed by atoms with Crippen LogP contribution in [0.25, 0.3) is 0 Å². The summed E-state index contributed by atoms with van der Waals surface area (Å²) in [5.74, 6) is 1.38. The second kappa shape index (κ2) is 10.1. The maximum Gasteiger partial charge on any atom is 0.417 e. The van der Waals surface area contributed by atoms with Crippen molar-refractivity contribution < 1.29 is 18.0 Å². The Morgan fingerprint density at radius 2 is 1.83 bits per heavy atom. The van der Waals surface area contributed by atoms with Crippen LogP contribution < -0.4 is 10.6 Å². The lowest BCUT2D eigenvalue weighted by molar-refractivity contribution is -0.137. The molecule has 3 aliphatic carbocycles. The van der Waals surface area contributed by atoms with Gasteiger partial charge in [-0.1, -0.05) is 23.8 Å². The van der Waals surface area contributed by atoms with Crippen LogP contribution in [-0.2, 0) is 17.4 Å². The zero-order chi connectivity index (χ0) is 25.1. The van der Waals surface area contributed by atoms with Gasteiger partial charge in [-0.15, -0.1) is 0 Å². The summed E-state index contributed by atoms with van der Waals surface area (Å²) in [5, 5.41) is 6.07. The highest BCUT2D eigenvalue weighted by Crippen LogP contribution is 2.53. The van der Waals surface area contributed by atoms with E-state index >= 15 is 0 Å². The van der Waals surface area contributed by atoms with Gasteiger partial charge in [-0.2, -0.15) is 13.2 Å². The fourth-order valence-electron chi connectivity index (χ4n) is 5.34. The minimum absolute atomic E-state index is 0.0870. The van der Waals surface area contributed by atoms with E-state index in [1.54, 1.807) is 12.4 Å². The molecule has 0 radical (unpaired) electrons. The number of hydrogen-bond donors (Lipinski definition) is 2. The molecule has 186 valence electrons. The molecule has 0 saturated heterocycles. The minimum Gasteiger partial charge on any atom is -0.340 e. The molecule has 1 amide bonds. The number of aromatic nitrogens is 2. The van der Waals surface area contributed by atoms with Gasteiger partial charge in [0, 0.05) is 24.0 Å². The zero-order valence-corrected chi connectivity index (χ0v) is 19.6. The molecule has 0 spiro atoms. The Balaban J connectivity index is 1.12. The lowest BCUT2D eigenvalue weighted by Crippen LogP contribution is -2.48. The second-order valence-electron chi connectivity index (χ2n) is 9.58. The van der Waals surface area contributed by atoms with E-state index in [9.17, 15) is 18.0 Å². The quantitative estimate of drug-likeness (QED) is 0.357. The van der Waals surface area contributed by atoms with Crippen LogP contribution in [0.15, 0.2) is 78.8 Å². The molecule has 5 nitrogen and oxygen atoms in total. The molecular weight excluding hydrogens is 465 g/mol. The van der Waals surface area contributed by atoms with E-state index in [0.29, 0.717) is 17.7 Å². The molecule has 2 unspecified atom stereocenters. The van der Waals surface area contributed by atoms with Crippen LogP contribution >= 0.6 is 0 Å². The highest BCUT2D eigenvalue weighted by Gasteiger charge is 2.49. The average molecular weight is 493 g/mol. The van der Waals surface area contributed by atoms with Crippen molar-refractivity contribution in [2.75, 3.05) is 10.6 Å². The monoisotopic (exact) mass is 492 g/mol. The maximum absolute atomic E-state index is 12.7. The molecule has 3 saturated carbocycles. The third kappa shape index (κ3) is 5.58. The number of rotatable bonds is 7. The van der Waals surface area contributed by atoms with Crippen LogP contribution in [0.5, 0.6) is 0 Å². The molecule has 1 aromatic carbocycles. The summed E-state index contributed by atoms with van der Waals surface area (Å²) < 4.78 is 38.2. The van der Waals surface area contributed by atoms with Gasteiger partial charge in [0.25, 0.3) is 0 Å². The first kappa shape index (κ1) is 24.0. The summed E-state index contributed by atoms with van der Waals surface area (Å²) >= 11 is 0. The molecule has 8 heteroatoms. The van der Waals surface area contributed by atoms with Gasteiger partial charge in [0.05, 0.1) is 17.4 Å². The predicted octanol–water partition coefficient (Wildman–Crippen LogP) is 6.78. The maximum atomic E-state index is 12.7. The highest BCUT2D eigenvalue weighted by molar-refractivity contribution is 5.93. The molecule has 6 rings (SSSR count). The van der Waals surface area contributed by atoms with Gasteiger partial charge < -0.3 is 10.6 Å². The fourth-order valence-corrected chi connectivity index (χ4v) is 5.34. The number of nitrogens with one attached hydrogen (secondary N) is 2. The lowest BCUT2D eigenvalue weighted by atomic mass is 9.55. The van der Waals surface area contributed by atoms with Gasteiger partial charge in [0.15, 0.2) is 0 Å². The van der Waals surface area contributed by atoms with Gasteiger partial charge in [-0.25, -0.2) is 4.98 Å². The Kier molecular flexibility index (Phi) is 6.76. The van der Waals surface area contributed by atoms with Crippen molar-refractivity contribution in [3.8, 4) is 0 Å². The number of carbonyl (C=O) groups is 1. The van der Waals surface area contributed by atoms with Crippen LogP contribution in [0.1, 0.15) is 36.8 Å². The van der Waals surface area contributed by atoms with Gasteiger partial charge in [-0.05, 0) is 85.9 Å². The van der Waals surface area contributed by atoms with E-state index in [4.69, 9.17) is 0 Å². The number of allylic oxidation sites excluding steroid dienone is 2. The summed E-state index contributed by atoms with van der Waals surface area (Å²) in [6, 6.07) is 13.9. The number of halogens is 3. The van der Waals surface area contributed by atoms with Crippen LogP contribution in [0.3, 0.4) is 0 Å². The molecule has 3 aliphatic rings. The molecule has 2 bridgehead atoms. The van der Waals surface area contributed by atoms with Gasteiger partial charge in [0.2, 0.25) is 5.91 Å². The minimum atomic E-state index is -4.40. The van der Waals surface area contributed by atoms with Gasteiger partial charge >= 0.3 is 6.18 Å². The first-order chi connectivity index (χ1) is 17.3. The van der Waals surface area contributed by atoms with Gasteiger partial charge in [-0.3, -0.25) is 9.78 Å². The van der Waals surface area contributed by atoms with E-state index in [1.807, 2.05) is 36.4 Å². The molecular formula is C28H27F3N4O. The SMILES string of the molecule is O=C(Nc1cccnc1)C1C2CC(=CCCc3cccc(Nc4ccc(C(F)(F)F)cn4)c3)CC1C2. The van der Waals surface area contributed by atoms with Crippen molar-refractivity contribution in [3.05, 3.63) is 89.9 Å². The number of pyridine rings is 2. The summed E-state index contributed by atoms with van der Waals surface area (Å²) in [7, 11) is 0. The van der Waals surface area contributed by atoms with E-state index in [2.05, 4.69) is 26.7 Å². The lowest BCUT2D eigenvalue weighted by Gasteiger charge is -2.49. The largest absolute Gasteiger partial charge is 0.417 e. The standard InChI is InChI=1S/C28H27F3N4O/c29-28(30,31)22-9-10-25(33-16-22)34-23-7-2-5-18(14-23)4-1-6-19-12-20-15-21(13-19)26(20)27(36)35-24-8-3-11-32-17-24/h2-3,5-11,14,16-17,20-21,26H,1,4,12-13,15H2,(H,33,34)(H,35,36). The molecule has 36 heavy (non-hydrogen) atoms. The molecule has 3 fully saturated rings. The number of nitrogens with zero attached hydrogens (tertiary/aromatic N) is 2. The fraction of sp³-hybridized carbons (Fsp3) is 0.321. The molecule has 3 aromatic rings. The number of hydrogen-bond acceptors (Lipinski definition) is 4. The van der Waals surface area contributed by atoms with Crippen molar-refractivity contribution in [1.29, 1.82) is 0 Å². The Labute approximate surface area is 207 Å². The number of benzene rings is 1. The molecule has 0 aliphatic heterocycles. The molecule has 2 atom stereocenters. The van der Waals surface area contributed by atoms with Crippen LogP contribution in [0, 0.1) is 17.8 Å². The van der Waals surface area contributed by atoms with Crippen LogP contribution in [0.4, 0.5) is 30.4 Å². The normalized spacial score (nSPS) is 20.9. The number of carbonyl (C=O) groups excluding carboxylic acids is 1. The van der Waals surface area contributed by atoms with E-state index in [-0.39, 0.29) is 11.8 Å². The first-order valence-electron chi connectivity index (χ1n) is 12.1. The number of anilines is 3. The van der Waals surface area contributed by atoms with Crippen LogP contribution in [0.2, 0.25) is 0 Å². The number of alkyl halides is 3. The Morgan fingerprint density at radius 3 is 2.53 bits per heavy atom. The topological polar surface area (TPSA) is 66.9 Å². The number of fused-ring (bicyclic) bond motifs is 2. The summed E-state index contributed by atoms with van der Waals surface area (Å²) in [6.45, 7) is 0. The number of amides is 1. The Hall–Kier alpha value is -3.68. The third-order valence-corrected chi connectivity index (χ3v) is 7.06. The second-order valence-corrected chi connectivity index (χ2v) is 9.58. The Morgan fingerprint density at radius 1 is 1.03 bits per heavy atom.